The van der Waals surface area contributed by atoms with Gasteiger partial charge in [0, 0.05) is 43.2 Å². The molecule has 0 spiro atoms. The van der Waals surface area contributed by atoms with Gasteiger partial charge < -0.3 is 5.32 Å². The number of nitrogens with one attached hydrogen (secondary N) is 2. The maximum Gasteiger partial charge on any atom is 0.257 e. The van der Waals surface area contributed by atoms with Crippen LogP contribution in [0.1, 0.15) is 43.2 Å². The molecule has 1 aliphatic rings. The van der Waals surface area contributed by atoms with Gasteiger partial charge in [-0.3, -0.25) is 19.8 Å². The Balaban J connectivity index is 1.60. The maximum atomic E-state index is 12.5. The predicted molar refractivity (Wildman–Crippen MR) is 109 cm³/mol. The first-order chi connectivity index (χ1) is 12.9. The standard InChI is InChI=1S/C20H26N4O2S/c1-13-7-14(2)10-24(9-13)11-18-12-27-20(22-18)23-19(26)16-5-4-6-17(8-16)21-15(3)25/h4-6,8,12-14H,7,9-11H2,1-3H3,(H,21,25)(H,22,23,26). The molecule has 2 heterocycles. The van der Waals surface area contributed by atoms with E-state index in [1.807, 2.05) is 5.38 Å². The number of nitrogens with zero attached hydrogens (tertiary/aromatic N) is 2. The van der Waals surface area contributed by atoms with Crippen LogP contribution in [0.3, 0.4) is 0 Å². The number of rotatable bonds is 5. The first kappa shape index (κ1) is 19.5. The zero-order valence-corrected chi connectivity index (χ0v) is 16.8. The third-order valence-corrected chi connectivity index (χ3v) is 5.35. The zero-order valence-electron chi connectivity index (χ0n) is 16.0. The largest absolute Gasteiger partial charge is 0.326 e. The van der Waals surface area contributed by atoms with Crippen molar-refractivity contribution in [3.8, 4) is 0 Å². The lowest BCUT2D eigenvalue weighted by atomic mass is 9.92. The summed E-state index contributed by atoms with van der Waals surface area (Å²) in [6.07, 6.45) is 1.28. The Morgan fingerprint density at radius 2 is 1.96 bits per heavy atom. The molecule has 2 unspecified atom stereocenters. The van der Waals surface area contributed by atoms with Crippen molar-refractivity contribution in [1.82, 2.24) is 9.88 Å². The minimum Gasteiger partial charge on any atom is -0.326 e. The van der Waals surface area contributed by atoms with Gasteiger partial charge >= 0.3 is 0 Å². The molecule has 1 fully saturated rings. The molecule has 2 N–H and O–H groups in total. The number of amides is 2. The average Bonchev–Trinajstić information content (AvgIpc) is 3.00. The lowest BCUT2D eigenvalue weighted by Crippen LogP contribution is -2.38. The summed E-state index contributed by atoms with van der Waals surface area (Å²) >= 11 is 1.44. The molecule has 2 aromatic rings. The quantitative estimate of drug-likeness (QED) is 0.819. The van der Waals surface area contributed by atoms with Gasteiger partial charge in [-0.1, -0.05) is 19.9 Å². The summed E-state index contributed by atoms with van der Waals surface area (Å²) in [7, 11) is 0. The fourth-order valence-corrected chi connectivity index (χ4v) is 4.39. The molecule has 1 saturated heterocycles. The summed E-state index contributed by atoms with van der Waals surface area (Å²) in [5.41, 5.74) is 2.07. The van der Waals surface area contributed by atoms with Crippen LogP contribution in [0.2, 0.25) is 0 Å². The smallest absolute Gasteiger partial charge is 0.257 e. The Morgan fingerprint density at radius 1 is 1.22 bits per heavy atom. The van der Waals surface area contributed by atoms with E-state index in [2.05, 4.69) is 34.4 Å². The van der Waals surface area contributed by atoms with Crippen LogP contribution in [0.15, 0.2) is 29.6 Å². The summed E-state index contributed by atoms with van der Waals surface area (Å²) in [5.74, 6) is 1.02. The van der Waals surface area contributed by atoms with Crippen LogP contribution in [0.5, 0.6) is 0 Å². The summed E-state index contributed by atoms with van der Waals surface area (Å²) in [6.45, 7) is 9.04. The number of hydrogen-bond donors (Lipinski definition) is 2. The highest BCUT2D eigenvalue weighted by atomic mass is 32.1. The molecule has 6 nitrogen and oxygen atoms in total. The lowest BCUT2D eigenvalue weighted by molar-refractivity contribution is -0.114. The number of carbonyl (C=O) groups excluding carboxylic acids is 2. The van der Waals surface area contributed by atoms with E-state index < -0.39 is 0 Å². The number of likely N-dealkylation sites (tertiary alicyclic amines) is 1. The molecular formula is C20H26N4O2S. The zero-order chi connectivity index (χ0) is 19.4. The van der Waals surface area contributed by atoms with E-state index in [1.165, 1.54) is 24.7 Å². The number of thiazole rings is 1. The Hall–Kier alpha value is -2.25. The Kier molecular flexibility index (Phi) is 6.23. The molecule has 0 aliphatic carbocycles. The molecule has 27 heavy (non-hydrogen) atoms. The number of anilines is 2. The number of piperidine rings is 1. The van der Waals surface area contributed by atoms with Gasteiger partial charge in [-0.05, 0) is 36.5 Å². The van der Waals surface area contributed by atoms with Crippen molar-refractivity contribution in [3.63, 3.8) is 0 Å². The van der Waals surface area contributed by atoms with E-state index in [0.29, 0.717) is 28.2 Å². The van der Waals surface area contributed by atoms with Gasteiger partial charge in [-0.15, -0.1) is 11.3 Å². The van der Waals surface area contributed by atoms with Crippen molar-refractivity contribution >= 4 is 34.0 Å². The fourth-order valence-electron chi connectivity index (χ4n) is 3.70. The van der Waals surface area contributed by atoms with E-state index in [0.717, 1.165) is 25.3 Å². The van der Waals surface area contributed by atoms with Crippen LogP contribution in [0, 0.1) is 11.8 Å². The van der Waals surface area contributed by atoms with Gasteiger partial charge in [0.2, 0.25) is 5.91 Å². The molecule has 3 rings (SSSR count). The summed E-state index contributed by atoms with van der Waals surface area (Å²) in [5, 5.41) is 8.14. The molecular weight excluding hydrogens is 360 g/mol. The van der Waals surface area contributed by atoms with Crippen LogP contribution in [0.4, 0.5) is 10.8 Å². The van der Waals surface area contributed by atoms with Gasteiger partial charge in [-0.25, -0.2) is 4.98 Å². The molecule has 2 amide bonds. The van der Waals surface area contributed by atoms with Crippen molar-refractivity contribution in [2.24, 2.45) is 11.8 Å². The minimum absolute atomic E-state index is 0.168. The van der Waals surface area contributed by atoms with E-state index in [4.69, 9.17) is 0 Å². The lowest BCUT2D eigenvalue weighted by Gasteiger charge is -2.34. The first-order valence-electron chi connectivity index (χ1n) is 9.25. The Morgan fingerprint density at radius 3 is 2.67 bits per heavy atom. The summed E-state index contributed by atoms with van der Waals surface area (Å²) < 4.78 is 0. The molecule has 2 atom stereocenters. The van der Waals surface area contributed by atoms with E-state index in [1.54, 1.807) is 24.3 Å². The fraction of sp³-hybridized carbons (Fsp3) is 0.450. The highest BCUT2D eigenvalue weighted by Gasteiger charge is 2.22. The van der Waals surface area contributed by atoms with E-state index in [9.17, 15) is 9.59 Å². The second-order valence-corrected chi connectivity index (χ2v) is 8.36. The van der Waals surface area contributed by atoms with Crippen LogP contribution < -0.4 is 10.6 Å². The topological polar surface area (TPSA) is 74.3 Å². The normalized spacial score (nSPS) is 20.3. The van der Waals surface area contributed by atoms with Crippen LogP contribution in [-0.4, -0.2) is 34.8 Å². The van der Waals surface area contributed by atoms with Crippen LogP contribution in [-0.2, 0) is 11.3 Å². The number of hydrogen-bond acceptors (Lipinski definition) is 5. The van der Waals surface area contributed by atoms with Crippen molar-refractivity contribution in [2.75, 3.05) is 23.7 Å². The molecule has 1 aliphatic heterocycles. The Labute approximate surface area is 164 Å². The summed E-state index contributed by atoms with van der Waals surface area (Å²) in [4.78, 5) is 30.6. The number of carbonyl (C=O) groups is 2. The molecule has 144 valence electrons. The van der Waals surface area contributed by atoms with Gasteiger partial charge in [0.05, 0.1) is 5.69 Å². The van der Waals surface area contributed by atoms with Crippen molar-refractivity contribution in [2.45, 2.75) is 33.7 Å². The molecule has 0 radical (unpaired) electrons. The monoisotopic (exact) mass is 386 g/mol. The van der Waals surface area contributed by atoms with E-state index >= 15 is 0 Å². The number of aromatic nitrogens is 1. The second kappa shape index (κ2) is 8.63. The predicted octanol–water partition coefficient (Wildman–Crippen LogP) is 3.83. The highest BCUT2D eigenvalue weighted by molar-refractivity contribution is 7.13. The van der Waals surface area contributed by atoms with Crippen LogP contribution in [0.25, 0.3) is 0 Å². The van der Waals surface area contributed by atoms with Gasteiger partial charge in [0.1, 0.15) is 0 Å². The molecule has 1 aromatic heterocycles. The average molecular weight is 387 g/mol. The SMILES string of the molecule is CC(=O)Nc1cccc(C(=O)Nc2nc(CN3CC(C)CC(C)C3)cs2)c1. The van der Waals surface area contributed by atoms with Crippen molar-refractivity contribution < 1.29 is 9.59 Å². The molecule has 0 bridgehead atoms. The van der Waals surface area contributed by atoms with Gasteiger partial charge in [-0.2, -0.15) is 0 Å². The first-order valence-corrected chi connectivity index (χ1v) is 10.1. The number of benzene rings is 1. The maximum absolute atomic E-state index is 12.5. The molecule has 0 saturated carbocycles. The van der Waals surface area contributed by atoms with Crippen LogP contribution >= 0.6 is 11.3 Å². The molecule has 1 aromatic carbocycles. The van der Waals surface area contributed by atoms with Crippen molar-refractivity contribution in [3.05, 3.63) is 40.9 Å². The third-order valence-electron chi connectivity index (χ3n) is 4.55. The Bertz CT molecular complexity index is 810. The highest BCUT2D eigenvalue weighted by Crippen LogP contribution is 2.24. The summed E-state index contributed by atoms with van der Waals surface area (Å²) in [6, 6.07) is 6.86. The van der Waals surface area contributed by atoms with Gasteiger partial charge in [0.15, 0.2) is 5.13 Å². The minimum atomic E-state index is -0.233. The third kappa shape index (κ3) is 5.61. The van der Waals surface area contributed by atoms with E-state index in [-0.39, 0.29) is 11.8 Å². The molecule has 7 heteroatoms. The van der Waals surface area contributed by atoms with Crippen molar-refractivity contribution in [1.29, 1.82) is 0 Å². The second-order valence-electron chi connectivity index (χ2n) is 7.50. The van der Waals surface area contributed by atoms with Gasteiger partial charge in [0.25, 0.3) is 5.91 Å².